The van der Waals surface area contributed by atoms with E-state index in [2.05, 4.69) is 4.90 Å². The number of para-hydroxylation sites is 1. The van der Waals surface area contributed by atoms with Crippen LogP contribution in [0.1, 0.15) is 11.1 Å². The Kier molecular flexibility index (Phi) is 4.28. The molecule has 3 rings (SSSR count). The summed E-state index contributed by atoms with van der Waals surface area (Å²) in [5.41, 5.74) is 2.76. The lowest BCUT2D eigenvalue weighted by Gasteiger charge is -2.22. The van der Waals surface area contributed by atoms with Gasteiger partial charge >= 0.3 is 0 Å². The molecule has 2 aromatic rings. The highest BCUT2D eigenvalue weighted by atomic mass is 32.2. The molecule has 1 heterocycles. The van der Waals surface area contributed by atoms with Gasteiger partial charge in [0.15, 0.2) is 0 Å². The Morgan fingerprint density at radius 3 is 2.61 bits per heavy atom. The Morgan fingerprint density at radius 2 is 1.87 bits per heavy atom. The molecule has 0 radical (unpaired) electrons. The van der Waals surface area contributed by atoms with Gasteiger partial charge in [0.2, 0.25) is 10.0 Å². The predicted octanol–water partition coefficient (Wildman–Crippen LogP) is 2.17. The fourth-order valence-electron chi connectivity index (χ4n) is 2.95. The van der Waals surface area contributed by atoms with Gasteiger partial charge in [0.25, 0.3) is 0 Å². The van der Waals surface area contributed by atoms with Gasteiger partial charge in [-0.15, -0.1) is 0 Å². The molecule has 0 fully saturated rings. The molecule has 0 amide bonds. The van der Waals surface area contributed by atoms with Crippen LogP contribution < -0.4 is 4.31 Å². The fourth-order valence-corrected chi connectivity index (χ4v) is 3.90. The molecule has 0 spiro atoms. The van der Waals surface area contributed by atoms with Crippen LogP contribution in [0.25, 0.3) is 0 Å². The van der Waals surface area contributed by atoms with Crippen molar-refractivity contribution in [3.05, 3.63) is 59.7 Å². The SMILES string of the molecule is CS(=O)(=O)N1CCN(Cc2cccc(O)c2)Cc2ccccc21. The van der Waals surface area contributed by atoms with Crippen LogP contribution in [0.2, 0.25) is 0 Å². The maximum Gasteiger partial charge on any atom is 0.232 e. The molecule has 1 N–H and O–H groups in total. The predicted molar refractivity (Wildman–Crippen MR) is 90.9 cm³/mol. The molecule has 1 aliphatic rings. The average molecular weight is 332 g/mol. The Balaban J connectivity index is 1.88. The van der Waals surface area contributed by atoms with Gasteiger partial charge in [-0.25, -0.2) is 8.42 Å². The highest BCUT2D eigenvalue weighted by Crippen LogP contribution is 2.27. The van der Waals surface area contributed by atoms with Crippen molar-refractivity contribution in [1.82, 2.24) is 4.90 Å². The van der Waals surface area contributed by atoms with Crippen molar-refractivity contribution in [2.24, 2.45) is 0 Å². The molecule has 6 heteroatoms. The highest BCUT2D eigenvalue weighted by Gasteiger charge is 2.25. The van der Waals surface area contributed by atoms with Crippen molar-refractivity contribution in [2.45, 2.75) is 13.1 Å². The second-order valence-electron chi connectivity index (χ2n) is 5.84. The molecule has 1 aliphatic heterocycles. The Morgan fingerprint density at radius 1 is 1.09 bits per heavy atom. The number of hydrogen-bond donors (Lipinski definition) is 1. The fraction of sp³-hybridized carbons (Fsp3) is 0.294. The number of rotatable bonds is 3. The van der Waals surface area contributed by atoms with E-state index in [-0.39, 0.29) is 5.75 Å². The molecule has 0 bridgehead atoms. The lowest BCUT2D eigenvalue weighted by atomic mass is 10.1. The zero-order valence-electron chi connectivity index (χ0n) is 13.0. The van der Waals surface area contributed by atoms with Gasteiger partial charge in [0, 0.05) is 26.2 Å². The summed E-state index contributed by atoms with van der Waals surface area (Å²) in [5.74, 6) is 0.246. The minimum Gasteiger partial charge on any atom is -0.508 e. The second kappa shape index (κ2) is 6.22. The Bertz CT molecular complexity index is 805. The maximum atomic E-state index is 12.1. The summed E-state index contributed by atoms with van der Waals surface area (Å²) in [4.78, 5) is 2.19. The van der Waals surface area contributed by atoms with Crippen molar-refractivity contribution in [1.29, 1.82) is 0 Å². The van der Waals surface area contributed by atoms with Crippen LogP contribution in [0, 0.1) is 0 Å². The number of phenolic OH excluding ortho intramolecular Hbond substituents is 1. The van der Waals surface area contributed by atoms with Gasteiger partial charge in [-0.1, -0.05) is 30.3 Å². The van der Waals surface area contributed by atoms with E-state index in [9.17, 15) is 13.5 Å². The number of fused-ring (bicyclic) bond motifs is 1. The Labute approximate surface area is 136 Å². The van der Waals surface area contributed by atoms with Crippen LogP contribution in [0.5, 0.6) is 5.75 Å². The first-order valence-corrected chi connectivity index (χ1v) is 9.34. The third-order valence-corrected chi connectivity index (χ3v) is 5.17. The monoisotopic (exact) mass is 332 g/mol. The van der Waals surface area contributed by atoms with E-state index in [0.717, 1.165) is 16.8 Å². The first-order valence-electron chi connectivity index (χ1n) is 7.49. The molecule has 5 nitrogen and oxygen atoms in total. The van der Waals surface area contributed by atoms with Crippen molar-refractivity contribution in [3.8, 4) is 5.75 Å². The first kappa shape index (κ1) is 15.8. The second-order valence-corrected chi connectivity index (χ2v) is 7.75. The van der Waals surface area contributed by atoms with E-state index in [4.69, 9.17) is 0 Å². The standard InChI is InChI=1S/C17H20N2O3S/c1-23(21,22)19-10-9-18(12-14-5-4-7-16(20)11-14)13-15-6-2-3-8-17(15)19/h2-8,11,20H,9-10,12-13H2,1H3. The number of benzene rings is 2. The van der Waals surface area contributed by atoms with E-state index in [1.54, 1.807) is 12.1 Å². The van der Waals surface area contributed by atoms with Gasteiger partial charge < -0.3 is 5.11 Å². The molecule has 0 aliphatic carbocycles. The van der Waals surface area contributed by atoms with Crippen molar-refractivity contribution < 1.29 is 13.5 Å². The van der Waals surface area contributed by atoms with E-state index in [1.165, 1.54) is 10.6 Å². The number of nitrogens with zero attached hydrogens (tertiary/aromatic N) is 2. The largest absolute Gasteiger partial charge is 0.508 e. The molecule has 0 aromatic heterocycles. The molecular weight excluding hydrogens is 312 g/mol. The molecule has 0 atom stereocenters. The van der Waals surface area contributed by atoms with Crippen LogP contribution in [0.3, 0.4) is 0 Å². The molecule has 2 aromatic carbocycles. The number of hydrogen-bond acceptors (Lipinski definition) is 4. The van der Waals surface area contributed by atoms with Crippen LogP contribution in [0.4, 0.5) is 5.69 Å². The van der Waals surface area contributed by atoms with Crippen molar-refractivity contribution in [2.75, 3.05) is 23.7 Å². The van der Waals surface area contributed by atoms with E-state index in [0.29, 0.717) is 26.2 Å². The first-order chi connectivity index (χ1) is 10.9. The lowest BCUT2D eigenvalue weighted by Crippen LogP contribution is -2.35. The zero-order chi connectivity index (χ0) is 16.4. The number of sulfonamides is 1. The van der Waals surface area contributed by atoms with Crippen LogP contribution in [-0.4, -0.2) is 37.8 Å². The summed E-state index contributed by atoms with van der Waals surface area (Å²) in [6, 6.07) is 14.8. The molecule has 0 unspecified atom stereocenters. The average Bonchev–Trinajstić information content (AvgIpc) is 2.65. The van der Waals surface area contributed by atoms with Crippen molar-refractivity contribution in [3.63, 3.8) is 0 Å². The zero-order valence-corrected chi connectivity index (χ0v) is 13.8. The minimum absolute atomic E-state index is 0.246. The van der Waals surface area contributed by atoms with Crippen LogP contribution in [-0.2, 0) is 23.1 Å². The smallest absolute Gasteiger partial charge is 0.232 e. The summed E-state index contributed by atoms with van der Waals surface area (Å²) in [6.07, 6.45) is 1.24. The van der Waals surface area contributed by atoms with Gasteiger partial charge in [-0.05, 0) is 29.3 Å². The summed E-state index contributed by atoms with van der Waals surface area (Å²) >= 11 is 0. The summed E-state index contributed by atoms with van der Waals surface area (Å²) in [6.45, 7) is 2.41. The molecular formula is C17H20N2O3S. The molecule has 122 valence electrons. The van der Waals surface area contributed by atoms with Gasteiger partial charge in [-0.3, -0.25) is 9.21 Å². The topological polar surface area (TPSA) is 60.9 Å². The molecule has 23 heavy (non-hydrogen) atoms. The number of anilines is 1. The van der Waals surface area contributed by atoms with Crippen LogP contribution in [0.15, 0.2) is 48.5 Å². The summed E-state index contributed by atoms with van der Waals surface area (Å²) in [5, 5.41) is 9.60. The van der Waals surface area contributed by atoms with Crippen molar-refractivity contribution >= 4 is 15.7 Å². The van der Waals surface area contributed by atoms with E-state index >= 15 is 0 Å². The van der Waals surface area contributed by atoms with Gasteiger partial charge in [0.05, 0.1) is 11.9 Å². The normalized spacial score (nSPS) is 16.0. The van der Waals surface area contributed by atoms with Crippen LogP contribution >= 0.6 is 0 Å². The maximum absolute atomic E-state index is 12.1. The highest BCUT2D eigenvalue weighted by molar-refractivity contribution is 7.92. The lowest BCUT2D eigenvalue weighted by molar-refractivity contribution is 0.270. The summed E-state index contributed by atoms with van der Waals surface area (Å²) < 4.78 is 25.6. The van der Waals surface area contributed by atoms with E-state index in [1.807, 2.05) is 36.4 Å². The number of phenols is 1. The number of aromatic hydroxyl groups is 1. The summed E-state index contributed by atoms with van der Waals surface area (Å²) in [7, 11) is -3.30. The quantitative estimate of drug-likeness (QED) is 0.936. The molecule has 0 saturated carbocycles. The molecule has 0 saturated heterocycles. The van der Waals surface area contributed by atoms with E-state index < -0.39 is 10.0 Å². The van der Waals surface area contributed by atoms with Gasteiger partial charge in [0.1, 0.15) is 5.75 Å². The third-order valence-electron chi connectivity index (χ3n) is 3.99. The third kappa shape index (κ3) is 3.65. The Hall–Kier alpha value is -2.05. The minimum atomic E-state index is -3.30. The van der Waals surface area contributed by atoms with Gasteiger partial charge in [-0.2, -0.15) is 0 Å².